The van der Waals surface area contributed by atoms with Crippen molar-refractivity contribution in [3.05, 3.63) is 64.8 Å². The molecule has 0 radical (unpaired) electrons. The van der Waals surface area contributed by atoms with Gasteiger partial charge in [0.05, 0.1) is 17.1 Å². The van der Waals surface area contributed by atoms with Crippen molar-refractivity contribution in [1.82, 2.24) is 24.8 Å². The van der Waals surface area contributed by atoms with Gasteiger partial charge in [0, 0.05) is 31.5 Å². The molecule has 0 bridgehead atoms. The summed E-state index contributed by atoms with van der Waals surface area (Å²) in [4.78, 5) is 33.8. The number of aromatic nitrogens is 3. The highest BCUT2D eigenvalue weighted by Crippen LogP contribution is 2.25. The van der Waals surface area contributed by atoms with E-state index >= 15 is 0 Å². The number of benzene rings is 1. The maximum absolute atomic E-state index is 12.6. The number of hydrogen-bond acceptors (Lipinski definition) is 3. The number of rotatable bonds is 3. The summed E-state index contributed by atoms with van der Waals surface area (Å²) >= 11 is 0. The Bertz CT molecular complexity index is 986. The first kappa shape index (κ1) is 17.3. The van der Waals surface area contributed by atoms with Crippen LogP contribution >= 0.6 is 0 Å². The van der Waals surface area contributed by atoms with Crippen LogP contribution in [0.3, 0.4) is 0 Å². The molecule has 1 aliphatic rings. The van der Waals surface area contributed by atoms with Gasteiger partial charge in [0.1, 0.15) is 0 Å². The van der Waals surface area contributed by atoms with Crippen molar-refractivity contribution in [3.8, 4) is 0 Å². The number of imidazole rings is 1. The Hall–Kier alpha value is -3.09. The molecule has 0 aliphatic carbocycles. The highest BCUT2D eigenvalue weighted by atomic mass is 16.2. The smallest absolute Gasteiger partial charge is 0.326 e. The fourth-order valence-corrected chi connectivity index (χ4v) is 3.76. The molecular formula is C20H23N5O2. The van der Waals surface area contributed by atoms with Gasteiger partial charge in [-0.15, -0.1) is 0 Å². The van der Waals surface area contributed by atoms with Gasteiger partial charge in [0.25, 0.3) is 0 Å². The Balaban J connectivity index is 1.40. The summed E-state index contributed by atoms with van der Waals surface area (Å²) < 4.78 is 1.84. The van der Waals surface area contributed by atoms with E-state index in [2.05, 4.69) is 15.3 Å². The molecule has 7 heteroatoms. The van der Waals surface area contributed by atoms with Crippen LogP contribution in [0, 0.1) is 0 Å². The molecule has 1 aliphatic heterocycles. The highest BCUT2D eigenvalue weighted by Gasteiger charge is 2.26. The van der Waals surface area contributed by atoms with Gasteiger partial charge in [-0.25, -0.2) is 9.59 Å². The number of para-hydroxylation sites is 2. The summed E-state index contributed by atoms with van der Waals surface area (Å²) in [5.74, 6) is 0. The van der Waals surface area contributed by atoms with Crippen molar-refractivity contribution in [2.75, 3.05) is 13.1 Å². The number of fused-ring (bicyclic) bond motifs is 1. The summed E-state index contributed by atoms with van der Waals surface area (Å²) in [7, 11) is 0. The van der Waals surface area contributed by atoms with E-state index in [-0.39, 0.29) is 23.8 Å². The van der Waals surface area contributed by atoms with Gasteiger partial charge in [-0.05, 0) is 43.5 Å². The van der Waals surface area contributed by atoms with E-state index in [9.17, 15) is 9.59 Å². The minimum Gasteiger partial charge on any atom is -0.331 e. The number of piperidine rings is 1. The number of pyridine rings is 1. The summed E-state index contributed by atoms with van der Waals surface area (Å²) in [5, 5.41) is 3.03. The average molecular weight is 365 g/mol. The Morgan fingerprint density at radius 1 is 1.22 bits per heavy atom. The number of H-pyrrole nitrogens is 1. The molecule has 1 atom stereocenters. The monoisotopic (exact) mass is 365 g/mol. The first-order valence-corrected chi connectivity index (χ1v) is 9.28. The molecule has 1 aromatic carbocycles. The number of urea groups is 1. The molecule has 0 spiro atoms. The minimum absolute atomic E-state index is 0.0731. The summed E-state index contributed by atoms with van der Waals surface area (Å²) in [6.07, 6.45) is 5.00. The zero-order valence-electron chi connectivity index (χ0n) is 15.3. The van der Waals surface area contributed by atoms with Crippen molar-refractivity contribution in [1.29, 1.82) is 0 Å². The molecule has 27 heavy (non-hydrogen) atoms. The maximum Gasteiger partial charge on any atom is 0.326 e. The molecule has 1 saturated heterocycles. The Morgan fingerprint density at radius 3 is 2.74 bits per heavy atom. The predicted octanol–water partition coefficient (Wildman–Crippen LogP) is 2.83. The lowest BCUT2D eigenvalue weighted by atomic mass is 10.0. The number of nitrogens with one attached hydrogen (secondary N) is 2. The van der Waals surface area contributed by atoms with Crippen LogP contribution in [0.2, 0.25) is 0 Å². The third-order valence-corrected chi connectivity index (χ3v) is 5.27. The molecule has 0 saturated carbocycles. The van der Waals surface area contributed by atoms with Crippen LogP contribution in [-0.2, 0) is 0 Å². The molecule has 140 valence electrons. The van der Waals surface area contributed by atoms with Crippen molar-refractivity contribution >= 4 is 17.1 Å². The van der Waals surface area contributed by atoms with E-state index in [1.165, 1.54) is 0 Å². The van der Waals surface area contributed by atoms with Crippen LogP contribution in [0.1, 0.15) is 37.4 Å². The largest absolute Gasteiger partial charge is 0.331 e. The second kappa shape index (κ2) is 7.26. The number of aromatic amines is 1. The molecule has 4 rings (SSSR count). The predicted molar refractivity (Wildman–Crippen MR) is 104 cm³/mol. The number of carbonyl (C=O) groups is 1. The third-order valence-electron chi connectivity index (χ3n) is 5.27. The van der Waals surface area contributed by atoms with Crippen LogP contribution in [0.25, 0.3) is 11.0 Å². The lowest BCUT2D eigenvalue weighted by molar-refractivity contribution is 0.169. The zero-order chi connectivity index (χ0) is 18.8. The van der Waals surface area contributed by atoms with Crippen molar-refractivity contribution < 1.29 is 4.79 Å². The van der Waals surface area contributed by atoms with E-state index < -0.39 is 0 Å². The topological polar surface area (TPSA) is 83.0 Å². The molecule has 3 heterocycles. The lowest BCUT2D eigenvalue weighted by Crippen LogP contribution is -2.46. The lowest BCUT2D eigenvalue weighted by Gasteiger charge is -2.33. The maximum atomic E-state index is 12.6. The van der Waals surface area contributed by atoms with E-state index in [0.29, 0.717) is 13.1 Å². The Morgan fingerprint density at radius 2 is 2.00 bits per heavy atom. The Kier molecular flexibility index (Phi) is 4.66. The van der Waals surface area contributed by atoms with E-state index in [1.807, 2.05) is 52.8 Å². The molecule has 7 nitrogen and oxygen atoms in total. The summed E-state index contributed by atoms with van der Waals surface area (Å²) in [5.41, 5.74) is 2.68. The van der Waals surface area contributed by atoms with Gasteiger partial charge in [0.15, 0.2) is 0 Å². The second-order valence-electron chi connectivity index (χ2n) is 6.99. The molecule has 2 amide bonds. The van der Waals surface area contributed by atoms with Crippen LogP contribution in [0.5, 0.6) is 0 Å². The van der Waals surface area contributed by atoms with Gasteiger partial charge in [-0.1, -0.05) is 18.2 Å². The molecule has 2 N–H and O–H groups in total. The number of amides is 2. The van der Waals surface area contributed by atoms with Crippen LogP contribution < -0.4 is 11.0 Å². The van der Waals surface area contributed by atoms with Gasteiger partial charge in [0.2, 0.25) is 0 Å². The van der Waals surface area contributed by atoms with Crippen molar-refractivity contribution in [2.45, 2.75) is 31.8 Å². The SMILES string of the molecule is CC(NC(=O)N1CCC(n2c(=O)[nH]c3ccccc32)CC1)c1cccnc1. The van der Waals surface area contributed by atoms with Crippen LogP contribution in [0.15, 0.2) is 53.6 Å². The van der Waals surface area contributed by atoms with E-state index in [1.54, 1.807) is 12.4 Å². The molecule has 1 fully saturated rings. The summed E-state index contributed by atoms with van der Waals surface area (Å²) in [6, 6.07) is 11.5. The first-order valence-electron chi connectivity index (χ1n) is 9.28. The normalized spacial score (nSPS) is 16.4. The molecule has 1 unspecified atom stereocenters. The number of nitrogens with zero attached hydrogens (tertiary/aromatic N) is 3. The standard InChI is InChI=1S/C20H23N5O2/c1-14(15-5-4-10-21-13-15)22-19(26)24-11-8-16(9-12-24)25-18-7-3-2-6-17(18)23-20(25)27/h2-7,10,13-14,16H,8-9,11-12H2,1H3,(H,22,26)(H,23,27). The van der Waals surface area contributed by atoms with E-state index in [4.69, 9.17) is 0 Å². The second-order valence-corrected chi connectivity index (χ2v) is 6.99. The molecule has 2 aromatic heterocycles. The molecular weight excluding hydrogens is 342 g/mol. The van der Waals surface area contributed by atoms with Crippen molar-refractivity contribution in [2.24, 2.45) is 0 Å². The van der Waals surface area contributed by atoms with Gasteiger partial charge in [-0.3, -0.25) is 9.55 Å². The van der Waals surface area contributed by atoms with Gasteiger partial charge < -0.3 is 15.2 Å². The zero-order valence-corrected chi connectivity index (χ0v) is 15.3. The van der Waals surface area contributed by atoms with Crippen LogP contribution in [0.4, 0.5) is 4.79 Å². The van der Waals surface area contributed by atoms with Gasteiger partial charge in [-0.2, -0.15) is 0 Å². The minimum atomic E-state index is -0.0971. The number of carbonyl (C=O) groups excluding carboxylic acids is 1. The van der Waals surface area contributed by atoms with Crippen LogP contribution in [-0.4, -0.2) is 38.6 Å². The van der Waals surface area contributed by atoms with Crippen molar-refractivity contribution in [3.63, 3.8) is 0 Å². The fourth-order valence-electron chi connectivity index (χ4n) is 3.76. The van der Waals surface area contributed by atoms with Gasteiger partial charge >= 0.3 is 11.7 Å². The third kappa shape index (κ3) is 3.45. The fraction of sp³-hybridized carbons (Fsp3) is 0.350. The quantitative estimate of drug-likeness (QED) is 0.749. The first-order chi connectivity index (χ1) is 13.1. The highest BCUT2D eigenvalue weighted by molar-refractivity contribution is 5.76. The number of hydrogen-bond donors (Lipinski definition) is 2. The number of likely N-dealkylation sites (tertiary alicyclic amines) is 1. The molecule has 3 aromatic rings. The average Bonchev–Trinajstić information content (AvgIpc) is 3.04. The summed E-state index contributed by atoms with van der Waals surface area (Å²) in [6.45, 7) is 3.21. The Labute approximate surface area is 157 Å². The van der Waals surface area contributed by atoms with E-state index in [0.717, 1.165) is 29.4 Å².